The molecule has 2 aliphatic heterocycles. The molecule has 2 aromatic heterocycles. The first kappa shape index (κ1) is 29.7. The maximum Gasteiger partial charge on any atom is 0.250 e. The van der Waals surface area contributed by atoms with Crippen molar-refractivity contribution in [1.29, 1.82) is 0 Å². The molecule has 6 rings (SSSR count). The molecule has 0 saturated carbocycles. The first-order valence-electron chi connectivity index (χ1n) is 15.2. The number of para-hydroxylation sites is 1. The van der Waals surface area contributed by atoms with E-state index in [1.165, 1.54) is 6.20 Å². The molecule has 2 aliphatic rings. The molecule has 44 heavy (non-hydrogen) atoms. The summed E-state index contributed by atoms with van der Waals surface area (Å²) in [6.07, 6.45) is 4.01. The molecule has 0 unspecified atom stereocenters. The van der Waals surface area contributed by atoms with E-state index in [9.17, 15) is 19.2 Å². The van der Waals surface area contributed by atoms with E-state index in [1.807, 2.05) is 61.7 Å². The molecular formula is C33H36N6O4S. The lowest BCUT2D eigenvalue weighted by atomic mass is 9.85. The van der Waals surface area contributed by atoms with Crippen LogP contribution < -0.4 is 15.5 Å². The van der Waals surface area contributed by atoms with Crippen LogP contribution in [0.5, 0.6) is 0 Å². The van der Waals surface area contributed by atoms with Crippen molar-refractivity contribution in [3.8, 4) is 0 Å². The van der Waals surface area contributed by atoms with Crippen molar-refractivity contribution in [1.82, 2.24) is 26.0 Å². The summed E-state index contributed by atoms with van der Waals surface area (Å²) < 4.78 is 1.13. The van der Waals surface area contributed by atoms with Crippen LogP contribution in [-0.2, 0) is 45.0 Å². The van der Waals surface area contributed by atoms with Gasteiger partial charge < -0.3 is 10.6 Å². The van der Waals surface area contributed by atoms with Crippen molar-refractivity contribution in [3.63, 3.8) is 0 Å². The third-order valence-electron chi connectivity index (χ3n) is 9.00. The fraction of sp³-hybridized carbons (Fsp3) is 0.394. The van der Waals surface area contributed by atoms with Crippen molar-refractivity contribution in [2.75, 3.05) is 4.90 Å². The number of Topliss-reactive ketones (excluding diaryl/α,β-unsaturated/α-hetero) is 1. The standard InChI is InChI=1S/C33H36N6O4S/c1-3-19(2)26(15-24(40)13-22-18-44-29-10-5-4-9-25(22)29)31(41)36-27-12-11-20-7-6-8-21-14-28(39(30(20)21)33(27)43)32(42)34-16-23-17-35-38-37-23/h4-10,17-19,26-28H,3,11-16H2,1-2H3,(H,34,42)(H,36,41)(H,35,37,38)/t19-,26-,27-,28-/m0/s1. The van der Waals surface area contributed by atoms with Gasteiger partial charge in [-0.1, -0.05) is 56.7 Å². The van der Waals surface area contributed by atoms with Crippen molar-refractivity contribution >= 4 is 50.6 Å². The van der Waals surface area contributed by atoms with E-state index in [0.29, 0.717) is 25.0 Å². The van der Waals surface area contributed by atoms with Gasteiger partial charge in [-0.3, -0.25) is 24.1 Å². The van der Waals surface area contributed by atoms with Gasteiger partial charge in [0.25, 0.3) is 0 Å². The number of carbonyl (C=O) groups is 4. The second kappa shape index (κ2) is 12.7. The molecule has 3 N–H and O–H groups in total. The van der Waals surface area contributed by atoms with Crippen LogP contribution in [0.2, 0.25) is 0 Å². The molecule has 4 aromatic rings. The van der Waals surface area contributed by atoms with Crippen LogP contribution in [0.4, 0.5) is 5.69 Å². The molecule has 0 saturated heterocycles. The first-order chi connectivity index (χ1) is 21.3. The van der Waals surface area contributed by atoms with E-state index in [-0.39, 0.29) is 48.8 Å². The Morgan fingerprint density at radius 3 is 2.75 bits per heavy atom. The highest BCUT2D eigenvalue weighted by molar-refractivity contribution is 7.17. The lowest BCUT2D eigenvalue weighted by molar-refractivity contribution is -0.134. The number of nitrogens with zero attached hydrogens (tertiary/aromatic N) is 3. The molecule has 4 atom stereocenters. The minimum atomic E-state index is -0.811. The predicted molar refractivity (Wildman–Crippen MR) is 168 cm³/mol. The summed E-state index contributed by atoms with van der Waals surface area (Å²) in [4.78, 5) is 56.2. The van der Waals surface area contributed by atoms with Gasteiger partial charge in [-0.25, -0.2) is 0 Å². The Hall–Kier alpha value is -4.38. The lowest BCUT2D eigenvalue weighted by Crippen LogP contribution is -2.55. The van der Waals surface area contributed by atoms with Crippen LogP contribution >= 0.6 is 11.3 Å². The molecule has 2 aromatic carbocycles. The SMILES string of the molecule is CC[C@H](C)[C@H](CC(=O)Cc1csc2ccccc12)C(=O)N[C@H]1CCc2cccc3c2N(C1=O)[C@H](C(=O)NCc1cn[nH]n1)C3. The number of aromatic nitrogens is 3. The zero-order valence-corrected chi connectivity index (χ0v) is 25.7. The van der Waals surface area contributed by atoms with Gasteiger partial charge >= 0.3 is 0 Å². The van der Waals surface area contributed by atoms with Gasteiger partial charge in [-0.15, -0.1) is 11.3 Å². The molecular weight excluding hydrogens is 576 g/mol. The van der Waals surface area contributed by atoms with Crippen LogP contribution in [0, 0.1) is 11.8 Å². The van der Waals surface area contributed by atoms with E-state index in [2.05, 4.69) is 26.0 Å². The Kier molecular flexibility index (Phi) is 8.56. The highest BCUT2D eigenvalue weighted by atomic mass is 32.1. The number of thiophene rings is 1. The van der Waals surface area contributed by atoms with E-state index >= 15 is 0 Å². The molecule has 228 valence electrons. The largest absolute Gasteiger partial charge is 0.348 e. The minimum absolute atomic E-state index is 0.00151. The summed E-state index contributed by atoms with van der Waals surface area (Å²) in [5, 5.41) is 19.3. The van der Waals surface area contributed by atoms with Gasteiger partial charge in [0.15, 0.2) is 0 Å². The molecule has 3 amide bonds. The van der Waals surface area contributed by atoms with Gasteiger partial charge in [0, 0.05) is 29.9 Å². The number of carbonyl (C=O) groups excluding carboxylic acids is 4. The maximum atomic E-state index is 14.1. The topological polar surface area (TPSA) is 137 Å². The predicted octanol–water partition coefficient (Wildman–Crippen LogP) is 3.89. The summed E-state index contributed by atoms with van der Waals surface area (Å²) >= 11 is 1.61. The number of aryl methyl sites for hydroxylation is 1. The lowest BCUT2D eigenvalue weighted by Gasteiger charge is -2.29. The summed E-state index contributed by atoms with van der Waals surface area (Å²) in [6.45, 7) is 4.16. The zero-order chi connectivity index (χ0) is 30.8. The Morgan fingerprint density at radius 1 is 1.14 bits per heavy atom. The van der Waals surface area contributed by atoms with Crippen LogP contribution in [0.25, 0.3) is 10.1 Å². The third-order valence-corrected chi connectivity index (χ3v) is 10.0. The van der Waals surface area contributed by atoms with Crippen LogP contribution in [0.1, 0.15) is 55.5 Å². The van der Waals surface area contributed by atoms with Gasteiger partial charge in [-0.05, 0) is 52.3 Å². The van der Waals surface area contributed by atoms with Gasteiger partial charge in [-0.2, -0.15) is 15.4 Å². The first-order valence-corrected chi connectivity index (χ1v) is 16.0. The molecule has 0 aliphatic carbocycles. The number of H-pyrrole nitrogens is 1. The molecule has 0 bridgehead atoms. The smallest absolute Gasteiger partial charge is 0.250 e. The minimum Gasteiger partial charge on any atom is -0.348 e. The van der Waals surface area contributed by atoms with E-state index in [1.54, 1.807) is 16.2 Å². The number of rotatable bonds is 11. The number of aromatic amines is 1. The van der Waals surface area contributed by atoms with Crippen LogP contribution in [0.3, 0.4) is 0 Å². The fourth-order valence-corrected chi connectivity index (χ4v) is 7.36. The number of anilines is 1. The molecule has 4 heterocycles. The van der Waals surface area contributed by atoms with E-state index < -0.39 is 18.0 Å². The highest BCUT2D eigenvalue weighted by Gasteiger charge is 2.44. The Bertz CT molecular complexity index is 1700. The molecule has 0 fully saturated rings. The monoisotopic (exact) mass is 612 g/mol. The fourth-order valence-electron chi connectivity index (χ4n) is 6.40. The summed E-state index contributed by atoms with van der Waals surface area (Å²) in [5.41, 5.74) is 4.25. The number of hydrogen-bond donors (Lipinski definition) is 3. The van der Waals surface area contributed by atoms with Crippen molar-refractivity contribution in [2.45, 2.75) is 71.0 Å². The summed E-state index contributed by atoms with van der Waals surface area (Å²) in [6, 6.07) is 12.3. The Balaban J connectivity index is 1.18. The average Bonchev–Trinajstić information content (AvgIpc) is 3.77. The highest BCUT2D eigenvalue weighted by Crippen LogP contribution is 2.39. The van der Waals surface area contributed by atoms with Crippen LogP contribution in [0.15, 0.2) is 54.0 Å². The van der Waals surface area contributed by atoms with Crippen molar-refractivity contribution in [2.24, 2.45) is 11.8 Å². The van der Waals surface area contributed by atoms with E-state index in [4.69, 9.17) is 0 Å². The van der Waals surface area contributed by atoms with Crippen LogP contribution in [-0.4, -0.2) is 51.0 Å². The number of benzene rings is 2. The number of fused-ring (bicyclic) bond motifs is 1. The number of nitrogens with one attached hydrogen (secondary N) is 3. The van der Waals surface area contributed by atoms with Crippen molar-refractivity contribution < 1.29 is 19.2 Å². The molecule has 0 radical (unpaired) electrons. The second-order valence-corrected chi connectivity index (χ2v) is 12.7. The molecule has 11 heteroatoms. The number of hydrogen-bond acceptors (Lipinski definition) is 7. The Labute approximate surface area is 259 Å². The maximum absolute atomic E-state index is 14.1. The summed E-state index contributed by atoms with van der Waals surface area (Å²) in [7, 11) is 0. The zero-order valence-electron chi connectivity index (χ0n) is 24.8. The number of ketones is 1. The molecule has 10 nitrogen and oxygen atoms in total. The Morgan fingerprint density at radius 2 is 1.95 bits per heavy atom. The van der Waals surface area contributed by atoms with Crippen molar-refractivity contribution in [3.05, 3.63) is 76.4 Å². The summed E-state index contributed by atoms with van der Waals surface area (Å²) in [5.74, 6) is -1.50. The number of amides is 3. The van der Waals surface area contributed by atoms with E-state index in [0.717, 1.165) is 38.9 Å². The normalized spacial score (nSPS) is 18.9. The van der Waals surface area contributed by atoms with Gasteiger partial charge in [0.05, 0.1) is 18.4 Å². The van der Waals surface area contributed by atoms with Gasteiger partial charge in [0.2, 0.25) is 17.7 Å². The van der Waals surface area contributed by atoms with Gasteiger partial charge in [0.1, 0.15) is 23.6 Å². The molecule has 0 spiro atoms. The average molecular weight is 613 g/mol. The third kappa shape index (κ3) is 5.88. The quantitative estimate of drug-likeness (QED) is 0.235. The second-order valence-electron chi connectivity index (χ2n) is 11.8.